The quantitative estimate of drug-likeness (QED) is 0.890. The molecule has 1 aliphatic carbocycles. The molecular formula is C18H26ClNO2. The van der Waals surface area contributed by atoms with Gasteiger partial charge in [0.25, 0.3) is 0 Å². The first kappa shape index (κ1) is 16.1. The molecule has 4 heteroatoms. The highest BCUT2D eigenvalue weighted by atomic mass is 35.5. The zero-order valence-electron chi connectivity index (χ0n) is 13.4. The molecular weight excluding hydrogens is 298 g/mol. The number of rotatable bonds is 5. The van der Waals surface area contributed by atoms with Gasteiger partial charge in [0.2, 0.25) is 0 Å². The number of nitrogens with one attached hydrogen (secondary N) is 1. The lowest BCUT2D eigenvalue weighted by molar-refractivity contribution is 0.0481. The minimum Gasteiger partial charge on any atom is -0.496 e. The predicted molar refractivity (Wildman–Crippen MR) is 90.0 cm³/mol. The van der Waals surface area contributed by atoms with Crippen LogP contribution in [0.3, 0.4) is 0 Å². The van der Waals surface area contributed by atoms with Crippen molar-refractivity contribution >= 4 is 11.6 Å². The van der Waals surface area contributed by atoms with E-state index in [1.54, 1.807) is 7.11 Å². The summed E-state index contributed by atoms with van der Waals surface area (Å²) in [4.78, 5) is 0. The van der Waals surface area contributed by atoms with Crippen LogP contribution in [-0.4, -0.2) is 32.9 Å². The highest BCUT2D eigenvalue weighted by Gasteiger charge is 2.37. The molecule has 1 N–H and O–H groups in total. The molecule has 1 saturated carbocycles. The van der Waals surface area contributed by atoms with Crippen molar-refractivity contribution in [2.24, 2.45) is 0 Å². The zero-order valence-corrected chi connectivity index (χ0v) is 14.1. The molecule has 1 aromatic carbocycles. The molecule has 0 unspecified atom stereocenters. The van der Waals surface area contributed by atoms with Crippen LogP contribution in [-0.2, 0) is 10.2 Å². The molecule has 0 atom stereocenters. The third kappa shape index (κ3) is 3.42. The molecule has 2 aliphatic rings. The van der Waals surface area contributed by atoms with Gasteiger partial charge in [-0.2, -0.15) is 0 Å². The topological polar surface area (TPSA) is 30.5 Å². The first-order chi connectivity index (χ1) is 10.7. The Bertz CT molecular complexity index is 494. The summed E-state index contributed by atoms with van der Waals surface area (Å²) < 4.78 is 11.2. The summed E-state index contributed by atoms with van der Waals surface area (Å²) in [7, 11) is 1.74. The van der Waals surface area contributed by atoms with Gasteiger partial charge in [0.05, 0.1) is 7.11 Å². The van der Waals surface area contributed by atoms with Crippen LogP contribution in [0, 0.1) is 0 Å². The highest BCUT2D eigenvalue weighted by molar-refractivity contribution is 6.30. The van der Waals surface area contributed by atoms with Gasteiger partial charge < -0.3 is 14.8 Å². The summed E-state index contributed by atoms with van der Waals surface area (Å²) in [5.74, 6) is 0.944. The first-order valence-electron chi connectivity index (χ1n) is 8.39. The molecule has 1 saturated heterocycles. The molecule has 0 spiro atoms. The minimum absolute atomic E-state index is 0.0666. The molecule has 0 radical (unpaired) electrons. The average molecular weight is 324 g/mol. The smallest absolute Gasteiger partial charge is 0.122 e. The SMILES string of the molecule is COc1ccc(Cl)cc1C1(CNC2CCCC2)CCOCC1. The van der Waals surface area contributed by atoms with Crippen molar-refractivity contribution in [3.05, 3.63) is 28.8 Å². The molecule has 0 aromatic heterocycles. The maximum atomic E-state index is 6.28. The summed E-state index contributed by atoms with van der Waals surface area (Å²) >= 11 is 6.28. The predicted octanol–water partition coefficient (Wildman–Crippen LogP) is 3.93. The minimum atomic E-state index is 0.0666. The Morgan fingerprint density at radius 3 is 2.68 bits per heavy atom. The van der Waals surface area contributed by atoms with E-state index < -0.39 is 0 Å². The third-order valence-corrected chi connectivity index (χ3v) is 5.50. The molecule has 1 aliphatic heterocycles. The van der Waals surface area contributed by atoms with Gasteiger partial charge in [-0.1, -0.05) is 24.4 Å². The number of hydrogen-bond acceptors (Lipinski definition) is 3. The van der Waals surface area contributed by atoms with E-state index in [1.807, 2.05) is 12.1 Å². The Kier molecular flexibility index (Phi) is 5.27. The molecule has 0 amide bonds. The van der Waals surface area contributed by atoms with Crippen molar-refractivity contribution in [2.75, 3.05) is 26.9 Å². The van der Waals surface area contributed by atoms with Crippen LogP contribution in [0.1, 0.15) is 44.1 Å². The monoisotopic (exact) mass is 323 g/mol. The molecule has 122 valence electrons. The normalized spacial score (nSPS) is 21.9. The van der Waals surface area contributed by atoms with Gasteiger partial charge in [-0.25, -0.2) is 0 Å². The largest absolute Gasteiger partial charge is 0.496 e. The second-order valence-electron chi connectivity index (χ2n) is 6.60. The standard InChI is InChI=1S/C18H26ClNO2/c1-21-17-7-6-14(19)12-16(17)18(8-10-22-11-9-18)13-20-15-4-2-3-5-15/h6-7,12,15,20H,2-5,8-11,13H2,1H3. The van der Waals surface area contributed by atoms with Crippen molar-refractivity contribution in [3.8, 4) is 5.75 Å². The van der Waals surface area contributed by atoms with Gasteiger partial charge in [-0.3, -0.25) is 0 Å². The average Bonchev–Trinajstić information content (AvgIpc) is 3.07. The number of ether oxygens (including phenoxy) is 2. The number of methoxy groups -OCH3 is 1. The summed E-state index contributed by atoms with van der Waals surface area (Å²) in [6.45, 7) is 2.60. The molecule has 0 bridgehead atoms. The van der Waals surface area contributed by atoms with Crippen LogP contribution in [0.2, 0.25) is 5.02 Å². The highest BCUT2D eigenvalue weighted by Crippen LogP contribution is 2.41. The van der Waals surface area contributed by atoms with Crippen molar-refractivity contribution < 1.29 is 9.47 Å². The van der Waals surface area contributed by atoms with Gasteiger partial charge in [-0.15, -0.1) is 0 Å². The van der Waals surface area contributed by atoms with Crippen molar-refractivity contribution in [1.82, 2.24) is 5.32 Å². The molecule has 22 heavy (non-hydrogen) atoms. The van der Waals surface area contributed by atoms with E-state index in [0.29, 0.717) is 6.04 Å². The van der Waals surface area contributed by atoms with Gasteiger partial charge >= 0.3 is 0 Å². The fourth-order valence-electron chi connectivity index (χ4n) is 3.87. The first-order valence-corrected chi connectivity index (χ1v) is 8.76. The van der Waals surface area contributed by atoms with Crippen molar-refractivity contribution in [3.63, 3.8) is 0 Å². The number of benzene rings is 1. The second kappa shape index (κ2) is 7.20. The van der Waals surface area contributed by atoms with E-state index in [2.05, 4.69) is 11.4 Å². The maximum Gasteiger partial charge on any atom is 0.122 e. The fourth-order valence-corrected chi connectivity index (χ4v) is 4.04. The molecule has 1 heterocycles. The van der Waals surface area contributed by atoms with Crippen LogP contribution in [0.15, 0.2) is 18.2 Å². The summed E-state index contributed by atoms with van der Waals surface area (Å²) in [6, 6.07) is 6.65. The van der Waals surface area contributed by atoms with Gasteiger partial charge in [0.1, 0.15) is 5.75 Å². The summed E-state index contributed by atoms with van der Waals surface area (Å²) in [5, 5.41) is 4.59. The van der Waals surface area contributed by atoms with Crippen LogP contribution in [0.5, 0.6) is 5.75 Å². The van der Waals surface area contributed by atoms with Gasteiger partial charge in [0.15, 0.2) is 0 Å². The van der Waals surface area contributed by atoms with Crippen LogP contribution >= 0.6 is 11.6 Å². The lowest BCUT2D eigenvalue weighted by atomic mass is 9.73. The molecule has 1 aromatic rings. The summed E-state index contributed by atoms with van der Waals surface area (Å²) in [5.41, 5.74) is 1.30. The van der Waals surface area contributed by atoms with Crippen LogP contribution in [0.25, 0.3) is 0 Å². The summed E-state index contributed by atoms with van der Waals surface area (Å²) in [6.07, 6.45) is 7.36. The lowest BCUT2D eigenvalue weighted by Gasteiger charge is -2.39. The van der Waals surface area contributed by atoms with Gasteiger partial charge in [0, 0.05) is 41.8 Å². The van der Waals surface area contributed by atoms with Crippen LogP contribution < -0.4 is 10.1 Å². The molecule has 3 nitrogen and oxygen atoms in total. The Labute approximate surface area is 138 Å². The number of hydrogen-bond donors (Lipinski definition) is 1. The Balaban J connectivity index is 1.86. The van der Waals surface area contributed by atoms with Gasteiger partial charge in [-0.05, 0) is 43.9 Å². The van der Waals surface area contributed by atoms with E-state index in [9.17, 15) is 0 Å². The maximum absolute atomic E-state index is 6.28. The Hall–Kier alpha value is -0.770. The zero-order chi connectivity index (χ0) is 15.4. The van der Waals surface area contributed by atoms with Crippen molar-refractivity contribution in [1.29, 1.82) is 0 Å². The van der Waals surface area contributed by atoms with Crippen molar-refractivity contribution in [2.45, 2.75) is 50.0 Å². The van der Waals surface area contributed by atoms with E-state index in [4.69, 9.17) is 21.1 Å². The Morgan fingerprint density at radius 1 is 1.27 bits per heavy atom. The number of halogens is 1. The fraction of sp³-hybridized carbons (Fsp3) is 0.667. The van der Waals surface area contributed by atoms with E-state index >= 15 is 0 Å². The van der Waals surface area contributed by atoms with Crippen LogP contribution in [0.4, 0.5) is 0 Å². The van der Waals surface area contributed by atoms with E-state index in [1.165, 1.54) is 31.2 Å². The molecule has 2 fully saturated rings. The third-order valence-electron chi connectivity index (χ3n) is 5.27. The second-order valence-corrected chi connectivity index (χ2v) is 7.04. The van der Waals surface area contributed by atoms with E-state index in [0.717, 1.165) is 43.4 Å². The lowest BCUT2D eigenvalue weighted by Crippen LogP contribution is -2.45. The molecule has 3 rings (SSSR count). The van der Waals surface area contributed by atoms with E-state index in [-0.39, 0.29) is 5.41 Å². The Morgan fingerprint density at radius 2 is 2.00 bits per heavy atom.